The Morgan fingerprint density at radius 2 is 1.31 bits per heavy atom. The SMILES string of the molecule is CC(C)CC(C)C(C(=O)[O-])C(C(=O)[O-])(C(C)CC(C)C)S(=O)(=O)O.[Na+].[Na+]. The molecule has 4 unspecified atom stereocenters. The zero-order chi connectivity index (χ0) is 19.5. The molecule has 0 heterocycles. The van der Waals surface area contributed by atoms with Crippen molar-refractivity contribution in [2.24, 2.45) is 29.6 Å². The summed E-state index contributed by atoms with van der Waals surface area (Å²) in [6.45, 7) is 9.84. The van der Waals surface area contributed by atoms with Crippen molar-refractivity contribution in [3.05, 3.63) is 0 Å². The van der Waals surface area contributed by atoms with Crippen molar-refractivity contribution in [1.29, 1.82) is 0 Å². The van der Waals surface area contributed by atoms with Crippen molar-refractivity contribution in [1.82, 2.24) is 0 Å². The van der Waals surface area contributed by atoms with Crippen LogP contribution in [0, 0.1) is 29.6 Å². The minimum absolute atomic E-state index is 0. The molecule has 142 valence electrons. The van der Waals surface area contributed by atoms with Crippen LogP contribution in [0.4, 0.5) is 0 Å². The number of rotatable bonds is 10. The van der Waals surface area contributed by atoms with E-state index in [2.05, 4.69) is 0 Å². The fraction of sp³-hybridized carbons (Fsp3) is 0.875. The molecule has 0 aromatic heterocycles. The second-order valence-corrected chi connectivity index (χ2v) is 9.12. The molecule has 10 heteroatoms. The van der Waals surface area contributed by atoms with Crippen LogP contribution in [0.3, 0.4) is 0 Å². The summed E-state index contributed by atoms with van der Waals surface area (Å²) in [5.41, 5.74) is 0. The molecule has 0 aromatic rings. The molecule has 26 heavy (non-hydrogen) atoms. The van der Waals surface area contributed by atoms with E-state index in [4.69, 9.17) is 0 Å². The first-order chi connectivity index (χ1) is 10.7. The maximum absolute atomic E-state index is 12.1. The maximum Gasteiger partial charge on any atom is 1.00 e. The number of carbonyl (C=O) groups excluding carboxylic acids is 2. The topological polar surface area (TPSA) is 135 Å². The molecule has 0 rings (SSSR count). The van der Waals surface area contributed by atoms with Crippen LogP contribution >= 0.6 is 0 Å². The predicted molar refractivity (Wildman–Crippen MR) is 85.0 cm³/mol. The van der Waals surface area contributed by atoms with Crippen molar-refractivity contribution in [2.45, 2.75) is 59.1 Å². The summed E-state index contributed by atoms with van der Waals surface area (Å²) in [6.07, 6.45) is 0.351. The molecule has 1 N–H and O–H groups in total. The smallest absolute Gasteiger partial charge is 0.550 e. The minimum Gasteiger partial charge on any atom is -0.550 e. The zero-order valence-corrected chi connectivity index (χ0v) is 21.9. The first-order valence-corrected chi connectivity index (χ1v) is 9.52. The molecule has 0 aliphatic carbocycles. The van der Waals surface area contributed by atoms with E-state index < -0.39 is 44.6 Å². The summed E-state index contributed by atoms with van der Waals surface area (Å²) in [7, 11) is -5.28. The van der Waals surface area contributed by atoms with Gasteiger partial charge in [-0.05, 0) is 36.5 Å². The van der Waals surface area contributed by atoms with Crippen molar-refractivity contribution < 1.29 is 91.9 Å². The monoisotopic (exact) mass is 410 g/mol. The Balaban J connectivity index is -0.00000264. The number of carboxylic acids is 2. The van der Waals surface area contributed by atoms with E-state index in [0.29, 0.717) is 0 Å². The first kappa shape index (κ1) is 31.5. The predicted octanol–water partition coefficient (Wildman–Crippen LogP) is -5.90. The van der Waals surface area contributed by atoms with Crippen molar-refractivity contribution in [3.8, 4) is 0 Å². The molecule has 0 fully saturated rings. The fourth-order valence-corrected chi connectivity index (χ4v) is 5.21. The maximum atomic E-state index is 12.1. The van der Waals surface area contributed by atoms with E-state index in [1.165, 1.54) is 13.8 Å². The number of carbonyl (C=O) groups is 2. The number of carboxylic acid groups (broad SMARTS) is 2. The Hall–Kier alpha value is 0.850. The van der Waals surface area contributed by atoms with E-state index in [0.717, 1.165) is 0 Å². The van der Waals surface area contributed by atoms with Crippen molar-refractivity contribution >= 4 is 22.1 Å². The van der Waals surface area contributed by atoms with Gasteiger partial charge >= 0.3 is 59.1 Å². The third kappa shape index (κ3) is 7.35. The van der Waals surface area contributed by atoms with Crippen LogP contribution in [0.5, 0.6) is 0 Å². The number of hydrogen-bond acceptors (Lipinski definition) is 6. The molecule has 7 nitrogen and oxygen atoms in total. The molecule has 0 aliphatic heterocycles. The first-order valence-electron chi connectivity index (χ1n) is 8.08. The average Bonchev–Trinajstić information content (AvgIpc) is 2.30. The Kier molecular flexibility index (Phi) is 15.1. The molecule has 0 aromatic carbocycles. The summed E-state index contributed by atoms with van der Waals surface area (Å²) >= 11 is 0. The van der Waals surface area contributed by atoms with Crippen LogP contribution in [-0.2, 0) is 19.7 Å². The van der Waals surface area contributed by atoms with Crippen LogP contribution in [0.25, 0.3) is 0 Å². The van der Waals surface area contributed by atoms with E-state index >= 15 is 0 Å². The Labute approximate surface area is 201 Å². The van der Waals surface area contributed by atoms with Gasteiger partial charge in [0, 0.05) is 11.9 Å². The Bertz CT molecular complexity index is 563. The molecule has 0 aliphatic rings. The van der Waals surface area contributed by atoms with Gasteiger partial charge in [-0.1, -0.05) is 41.5 Å². The second kappa shape index (κ2) is 12.4. The van der Waals surface area contributed by atoms with E-state index in [1.54, 1.807) is 27.7 Å². The van der Waals surface area contributed by atoms with Crippen LogP contribution in [-0.4, -0.2) is 29.7 Å². The van der Waals surface area contributed by atoms with Gasteiger partial charge in [0.2, 0.25) is 0 Å². The normalized spacial score (nSPS) is 17.4. The van der Waals surface area contributed by atoms with Gasteiger partial charge in [-0.2, -0.15) is 8.42 Å². The van der Waals surface area contributed by atoms with E-state index in [-0.39, 0.29) is 83.8 Å². The molecule has 0 bridgehead atoms. The third-order valence-electron chi connectivity index (χ3n) is 4.43. The van der Waals surface area contributed by atoms with Gasteiger partial charge < -0.3 is 19.8 Å². The van der Waals surface area contributed by atoms with Gasteiger partial charge in [-0.15, -0.1) is 0 Å². The second-order valence-electron chi connectivity index (χ2n) is 7.49. The van der Waals surface area contributed by atoms with E-state index in [1.807, 2.05) is 0 Å². The standard InChI is InChI=1S/C16H30O7S.2Na/c1-9(2)7-11(5)13(14(17)18)16(15(19)20,24(21,22)23)12(6)8-10(3)4;;/h9-13H,7-8H2,1-6H3,(H,17,18)(H,19,20)(H,21,22,23);;/q;2*+1/p-2. The average molecular weight is 410 g/mol. The van der Waals surface area contributed by atoms with Gasteiger partial charge in [-0.25, -0.2) is 0 Å². The molecule has 0 saturated heterocycles. The largest absolute Gasteiger partial charge is 1.00 e. The molecular weight excluding hydrogens is 382 g/mol. The Morgan fingerprint density at radius 3 is 1.54 bits per heavy atom. The van der Waals surface area contributed by atoms with Crippen molar-refractivity contribution in [2.75, 3.05) is 0 Å². The number of aliphatic carboxylic acids is 2. The van der Waals surface area contributed by atoms with Gasteiger partial charge in [0.05, 0.1) is 5.97 Å². The van der Waals surface area contributed by atoms with Gasteiger partial charge in [0.1, 0.15) is 4.75 Å². The molecule has 0 amide bonds. The summed E-state index contributed by atoms with van der Waals surface area (Å²) < 4.78 is 31.0. The fourth-order valence-electron chi connectivity index (χ4n) is 3.75. The molecule has 0 radical (unpaired) electrons. The summed E-state index contributed by atoms with van der Waals surface area (Å²) in [5.74, 6) is -7.97. The molecular formula is C16H28Na2O7S. The van der Waals surface area contributed by atoms with E-state index in [9.17, 15) is 32.8 Å². The molecule has 4 atom stereocenters. The number of hydrogen-bond donors (Lipinski definition) is 1. The van der Waals surface area contributed by atoms with Crippen LogP contribution in [0.1, 0.15) is 54.4 Å². The minimum atomic E-state index is -5.28. The summed E-state index contributed by atoms with van der Waals surface area (Å²) in [5, 5.41) is 23.6. The summed E-state index contributed by atoms with van der Waals surface area (Å²) in [4.78, 5) is 23.6. The van der Waals surface area contributed by atoms with Gasteiger partial charge in [0.25, 0.3) is 10.1 Å². The molecule has 0 spiro atoms. The molecule has 0 saturated carbocycles. The van der Waals surface area contributed by atoms with Gasteiger partial charge in [-0.3, -0.25) is 4.55 Å². The van der Waals surface area contributed by atoms with Crippen LogP contribution in [0.15, 0.2) is 0 Å². The van der Waals surface area contributed by atoms with Gasteiger partial charge in [0.15, 0.2) is 0 Å². The zero-order valence-electron chi connectivity index (χ0n) is 17.1. The van der Waals surface area contributed by atoms with Crippen LogP contribution in [0.2, 0.25) is 0 Å². The Morgan fingerprint density at radius 1 is 0.923 bits per heavy atom. The van der Waals surface area contributed by atoms with Crippen LogP contribution < -0.4 is 69.3 Å². The quantitative estimate of drug-likeness (QED) is 0.280. The third-order valence-corrected chi connectivity index (χ3v) is 6.11. The summed E-state index contributed by atoms with van der Waals surface area (Å²) in [6, 6.07) is 0. The van der Waals surface area contributed by atoms with Crippen molar-refractivity contribution in [3.63, 3.8) is 0 Å².